The Morgan fingerprint density at radius 2 is 2.50 bits per heavy atom. The molecule has 0 unspecified atom stereocenters. The third kappa shape index (κ3) is 0.735. The van der Waals surface area contributed by atoms with Crippen molar-refractivity contribution in [1.29, 1.82) is 0 Å². The van der Waals surface area contributed by atoms with E-state index >= 15 is 0 Å². The molecule has 8 heavy (non-hydrogen) atoms. The summed E-state index contributed by atoms with van der Waals surface area (Å²) in [5.41, 5.74) is 0.958. The van der Waals surface area contributed by atoms with Gasteiger partial charge in [-0.2, -0.15) is 0 Å². The summed E-state index contributed by atoms with van der Waals surface area (Å²) in [7, 11) is 0. The number of rotatable bonds is 1. The van der Waals surface area contributed by atoms with Crippen LogP contribution in [0.15, 0.2) is 12.3 Å². The van der Waals surface area contributed by atoms with Crippen LogP contribution in [0.3, 0.4) is 0 Å². The average molecular weight is 111 g/mol. The summed E-state index contributed by atoms with van der Waals surface area (Å²) in [6.07, 6.45) is 2.91. The lowest BCUT2D eigenvalue weighted by molar-refractivity contribution is -0.115. The van der Waals surface area contributed by atoms with Crippen LogP contribution in [-0.4, -0.2) is 17.9 Å². The molecule has 1 aliphatic rings. The second-order valence-corrected chi connectivity index (χ2v) is 1.97. The van der Waals surface area contributed by atoms with Crippen LogP contribution >= 0.6 is 0 Å². The van der Waals surface area contributed by atoms with Crippen molar-refractivity contribution in [1.82, 2.24) is 4.90 Å². The van der Waals surface area contributed by atoms with E-state index in [-0.39, 0.29) is 0 Å². The molecule has 0 atom stereocenters. The zero-order valence-electron chi connectivity index (χ0n) is 4.76. The lowest BCUT2D eigenvalue weighted by Gasteiger charge is -2.06. The SMILES string of the molecule is C=C1CCCN1C=O. The van der Waals surface area contributed by atoms with E-state index in [1.165, 1.54) is 0 Å². The highest BCUT2D eigenvalue weighted by molar-refractivity contribution is 5.51. The first-order valence-corrected chi connectivity index (χ1v) is 2.74. The van der Waals surface area contributed by atoms with Gasteiger partial charge in [0.2, 0.25) is 6.41 Å². The van der Waals surface area contributed by atoms with Crippen LogP contribution in [0.2, 0.25) is 0 Å². The number of likely N-dealkylation sites (tertiary alicyclic amines) is 1. The van der Waals surface area contributed by atoms with E-state index in [2.05, 4.69) is 6.58 Å². The van der Waals surface area contributed by atoms with E-state index in [1.807, 2.05) is 0 Å². The molecule has 0 aromatic carbocycles. The molecule has 0 bridgehead atoms. The van der Waals surface area contributed by atoms with Gasteiger partial charge in [-0.1, -0.05) is 6.58 Å². The molecule has 0 radical (unpaired) electrons. The summed E-state index contributed by atoms with van der Waals surface area (Å²) >= 11 is 0. The van der Waals surface area contributed by atoms with Crippen LogP contribution < -0.4 is 0 Å². The predicted molar refractivity (Wildman–Crippen MR) is 31.1 cm³/mol. The van der Waals surface area contributed by atoms with Crippen LogP contribution in [0.5, 0.6) is 0 Å². The minimum Gasteiger partial charge on any atom is -0.319 e. The first-order chi connectivity index (χ1) is 3.84. The first kappa shape index (κ1) is 5.35. The number of hydrogen-bond donors (Lipinski definition) is 0. The molecule has 1 aliphatic heterocycles. The Morgan fingerprint density at radius 3 is 2.75 bits per heavy atom. The van der Waals surface area contributed by atoms with E-state index in [0.29, 0.717) is 0 Å². The van der Waals surface area contributed by atoms with Gasteiger partial charge < -0.3 is 4.90 Å². The van der Waals surface area contributed by atoms with Crippen molar-refractivity contribution in [3.8, 4) is 0 Å². The second kappa shape index (κ2) is 1.99. The maximum Gasteiger partial charge on any atom is 0.213 e. The van der Waals surface area contributed by atoms with Crippen LogP contribution in [0.4, 0.5) is 0 Å². The van der Waals surface area contributed by atoms with Crippen LogP contribution in [-0.2, 0) is 4.79 Å². The van der Waals surface area contributed by atoms with Crippen LogP contribution in [0, 0.1) is 0 Å². The van der Waals surface area contributed by atoms with E-state index < -0.39 is 0 Å². The number of carbonyl (C=O) groups excluding carboxylic acids is 1. The summed E-state index contributed by atoms with van der Waals surface area (Å²) in [6, 6.07) is 0. The van der Waals surface area contributed by atoms with Crippen molar-refractivity contribution < 1.29 is 4.79 Å². The molecule has 2 heteroatoms. The van der Waals surface area contributed by atoms with E-state index in [4.69, 9.17) is 0 Å². The third-order valence-electron chi connectivity index (χ3n) is 1.40. The molecule has 0 spiro atoms. The van der Waals surface area contributed by atoms with E-state index in [9.17, 15) is 4.79 Å². The van der Waals surface area contributed by atoms with Gasteiger partial charge in [-0.25, -0.2) is 0 Å². The summed E-state index contributed by atoms with van der Waals surface area (Å²) < 4.78 is 0. The maximum absolute atomic E-state index is 10.1. The Labute approximate surface area is 48.8 Å². The van der Waals surface area contributed by atoms with Crippen molar-refractivity contribution in [2.45, 2.75) is 12.8 Å². The highest BCUT2D eigenvalue weighted by Gasteiger charge is 2.12. The van der Waals surface area contributed by atoms with Gasteiger partial charge in [-0.3, -0.25) is 4.79 Å². The van der Waals surface area contributed by atoms with Crippen molar-refractivity contribution in [3.63, 3.8) is 0 Å². The smallest absolute Gasteiger partial charge is 0.213 e. The Hall–Kier alpha value is -0.790. The molecule has 1 rings (SSSR count). The summed E-state index contributed by atoms with van der Waals surface area (Å²) in [6.45, 7) is 4.56. The molecule has 1 fully saturated rings. The molecule has 0 aromatic heterocycles. The van der Waals surface area contributed by atoms with Crippen molar-refractivity contribution in [3.05, 3.63) is 12.3 Å². The molecule has 0 aromatic rings. The summed E-state index contributed by atoms with van der Waals surface area (Å²) in [5, 5.41) is 0. The van der Waals surface area contributed by atoms with Crippen molar-refractivity contribution in [2.24, 2.45) is 0 Å². The monoisotopic (exact) mass is 111 g/mol. The lowest BCUT2D eigenvalue weighted by atomic mass is 10.3. The highest BCUT2D eigenvalue weighted by atomic mass is 16.1. The van der Waals surface area contributed by atoms with Gasteiger partial charge in [0.15, 0.2) is 0 Å². The predicted octanol–water partition coefficient (Wildman–Crippen LogP) is 0.752. The van der Waals surface area contributed by atoms with Gasteiger partial charge in [0, 0.05) is 12.2 Å². The molecule has 0 N–H and O–H groups in total. The zero-order chi connectivity index (χ0) is 5.98. The largest absolute Gasteiger partial charge is 0.319 e. The molecule has 0 aliphatic carbocycles. The lowest BCUT2D eigenvalue weighted by Crippen LogP contribution is -2.13. The molecular weight excluding hydrogens is 102 g/mol. The minimum absolute atomic E-state index is 0.843. The van der Waals surface area contributed by atoms with Crippen molar-refractivity contribution in [2.75, 3.05) is 6.54 Å². The Kier molecular flexibility index (Phi) is 1.33. The third-order valence-corrected chi connectivity index (χ3v) is 1.40. The molecule has 0 saturated carbocycles. The zero-order valence-corrected chi connectivity index (χ0v) is 4.76. The second-order valence-electron chi connectivity index (χ2n) is 1.97. The number of carbonyl (C=O) groups is 1. The van der Waals surface area contributed by atoms with Gasteiger partial charge in [-0.15, -0.1) is 0 Å². The van der Waals surface area contributed by atoms with Crippen molar-refractivity contribution >= 4 is 6.41 Å². The fourth-order valence-corrected chi connectivity index (χ4v) is 0.882. The standard InChI is InChI=1S/C6H9NO/c1-6-3-2-4-7(6)5-8/h5H,1-4H2. The van der Waals surface area contributed by atoms with Gasteiger partial charge >= 0.3 is 0 Å². The first-order valence-electron chi connectivity index (χ1n) is 2.74. The quantitative estimate of drug-likeness (QED) is 0.457. The summed E-state index contributed by atoms with van der Waals surface area (Å²) in [5.74, 6) is 0. The average Bonchev–Trinajstić information content (AvgIpc) is 2.14. The van der Waals surface area contributed by atoms with Gasteiger partial charge in [0.1, 0.15) is 0 Å². The fraction of sp³-hybridized carbons (Fsp3) is 0.500. The number of nitrogens with zero attached hydrogens (tertiary/aromatic N) is 1. The number of amides is 1. The molecule has 1 saturated heterocycles. The molecule has 1 heterocycles. The van der Waals surface area contributed by atoms with Crippen LogP contribution in [0.25, 0.3) is 0 Å². The summed E-state index contributed by atoms with van der Waals surface area (Å²) in [4.78, 5) is 11.7. The van der Waals surface area contributed by atoms with Gasteiger partial charge in [0.05, 0.1) is 0 Å². The van der Waals surface area contributed by atoms with Gasteiger partial charge in [-0.05, 0) is 12.8 Å². The Morgan fingerprint density at radius 1 is 1.75 bits per heavy atom. The maximum atomic E-state index is 10.1. The van der Waals surface area contributed by atoms with Crippen LogP contribution in [0.1, 0.15) is 12.8 Å². The number of hydrogen-bond acceptors (Lipinski definition) is 1. The Balaban J connectivity index is 2.54. The molecular formula is C6H9NO. The Bertz CT molecular complexity index is 120. The molecule has 44 valence electrons. The normalized spacial score (nSPS) is 19.5. The minimum atomic E-state index is 0.843. The van der Waals surface area contributed by atoms with E-state index in [1.54, 1.807) is 4.90 Å². The molecule has 2 nitrogen and oxygen atoms in total. The molecule has 1 amide bonds. The fourth-order valence-electron chi connectivity index (χ4n) is 0.882. The number of allylic oxidation sites excluding steroid dienone is 1. The van der Waals surface area contributed by atoms with E-state index in [0.717, 1.165) is 31.5 Å². The topological polar surface area (TPSA) is 20.3 Å². The highest BCUT2D eigenvalue weighted by Crippen LogP contribution is 2.15. The van der Waals surface area contributed by atoms with Gasteiger partial charge in [0.25, 0.3) is 0 Å².